The molecule has 13 heavy (non-hydrogen) atoms. The van der Waals surface area contributed by atoms with Crippen molar-refractivity contribution >= 4 is 12.2 Å². The zero-order chi connectivity index (χ0) is 10.5. The van der Waals surface area contributed by atoms with Crippen molar-refractivity contribution in [2.45, 2.75) is 12.4 Å². The Balaban J connectivity index is 4.32. The molecule has 8 nitrogen and oxygen atoms in total. The molecule has 0 aromatic carbocycles. The van der Waals surface area contributed by atoms with Crippen LogP contribution in [0.4, 0.5) is 9.59 Å². The van der Waals surface area contributed by atoms with E-state index in [0.717, 1.165) is 0 Å². The van der Waals surface area contributed by atoms with Crippen molar-refractivity contribution in [1.29, 1.82) is 0 Å². The highest BCUT2D eigenvalue weighted by atomic mass is 16.8. The molecule has 0 aliphatic rings. The van der Waals surface area contributed by atoms with Crippen LogP contribution in [0.25, 0.3) is 0 Å². The summed E-state index contributed by atoms with van der Waals surface area (Å²) in [5.41, 5.74) is 9.10. The van der Waals surface area contributed by atoms with Crippen molar-refractivity contribution in [2.75, 3.05) is 6.61 Å². The lowest BCUT2D eigenvalue weighted by Gasteiger charge is -2.23. The minimum absolute atomic E-state index is 0.543. The molecule has 0 saturated carbocycles. The molecular formula is C5H10N2O6. The van der Waals surface area contributed by atoms with Crippen LogP contribution in [0.5, 0.6) is 0 Å². The molecule has 0 atom stereocenters. The van der Waals surface area contributed by atoms with Gasteiger partial charge < -0.3 is 31.2 Å². The summed E-state index contributed by atoms with van der Waals surface area (Å²) in [6.07, 6.45) is -3.27. The second-order valence-corrected chi connectivity index (χ2v) is 2.03. The zero-order valence-corrected chi connectivity index (χ0v) is 6.60. The maximum absolute atomic E-state index is 10.2. The van der Waals surface area contributed by atoms with Crippen LogP contribution in [0.2, 0.25) is 0 Å². The molecule has 76 valence electrons. The van der Waals surface area contributed by atoms with Gasteiger partial charge in [0.2, 0.25) is 0 Å². The molecule has 0 fully saturated rings. The number of nitrogens with two attached hydrogens (primary N) is 2. The van der Waals surface area contributed by atoms with Crippen LogP contribution >= 0.6 is 0 Å². The van der Waals surface area contributed by atoms with E-state index in [4.69, 9.17) is 10.2 Å². The van der Waals surface area contributed by atoms with Gasteiger partial charge in [-0.2, -0.15) is 0 Å². The van der Waals surface area contributed by atoms with Gasteiger partial charge in [-0.1, -0.05) is 0 Å². The van der Waals surface area contributed by atoms with Crippen LogP contribution in [0.3, 0.4) is 0 Å². The maximum Gasteiger partial charge on any atom is 0.409 e. The number of hydrogen-bond acceptors (Lipinski definition) is 6. The summed E-state index contributed by atoms with van der Waals surface area (Å²) >= 11 is 0. The second kappa shape index (κ2) is 4.48. The highest BCUT2D eigenvalue weighted by Crippen LogP contribution is 2.13. The fourth-order valence-electron chi connectivity index (χ4n) is 0.579. The van der Waals surface area contributed by atoms with Crippen molar-refractivity contribution in [3.63, 3.8) is 0 Å². The summed E-state index contributed by atoms with van der Waals surface area (Å²) in [5, 5.41) is 17.5. The van der Waals surface area contributed by atoms with Gasteiger partial charge in [0.05, 0.1) is 13.0 Å². The van der Waals surface area contributed by atoms with Crippen molar-refractivity contribution in [3.05, 3.63) is 0 Å². The number of hydrogen-bond donors (Lipinski definition) is 4. The number of rotatable bonds is 4. The van der Waals surface area contributed by atoms with Crippen molar-refractivity contribution < 1.29 is 29.3 Å². The average Bonchev–Trinajstić information content (AvgIpc) is 1.81. The number of carbonyl (C=O) groups excluding carboxylic acids is 2. The molecule has 0 spiro atoms. The van der Waals surface area contributed by atoms with E-state index >= 15 is 0 Å². The van der Waals surface area contributed by atoms with Gasteiger partial charge >= 0.3 is 18.2 Å². The standard InChI is InChI=1S/C5H10N2O6/c6-3(9)12-5(11,1-2-8)13-4(7)10/h8,11H,1-2H2,(H2,6,9)(H2,7,10). The molecule has 0 bridgehead atoms. The van der Waals surface area contributed by atoms with Crippen molar-refractivity contribution in [1.82, 2.24) is 0 Å². The summed E-state index contributed by atoms with van der Waals surface area (Å²) in [6, 6.07) is 0. The Kier molecular flexibility index (Phi) is 3.95. The second-order valence-electron chi connectivity index (χ2n) is 2.03. The normalized spacial score (nSPS) is 10.6. The smallest absolute Gasteiger partial charge is 0.396 e. The number of carbonyl (C=O) groups is 2. The molecular weight excluding hydrogens is 184 g/mol. The lowest BCUT2D eigenvalue weighted by atomic mass is 10.4. The van der Waals surface area contributed by atoms with E-state index in [1.165, 1.54) is 0 Å². The SMILES string of the molecule is NC(=O)OC(O)(CCO)OC(N)=O. The molecule has 0 aliphatic carbocycles. The monoisotopic (exact) mass is 194 g/mol. The molecule has 0 aliphatic heterocycles. The number of amides is 2. The van der Waals surface area contributed by atoms with Gasteiger partial charge in [0.25, 0.3) is 0 Å². The molecule has 2 amide bonds. The lowest BCUT2D eigenvalue weighted by Crippen LogP contribution is -2.43. The van der Waals surface area contributed by atoms with Crippen LogP contribution < -0.4 is 11.5 Å². The Morgan fingerprint density at radius 1 is 1.23 bits per heavy atom. The van der Waals surface area contributed by atoms with Crippen LogP contribution in [0, 0.1) is 0 Å². The Morgan fingerprint density at radius 3 is 1.85 bits per heavy atom. The van der Waals surface area contributed by atoms with Gasteiger partial charge in [-0.25, -0.2) is 9.59 Å². The average molecular weight is 194 g/mol. The van der Waals surface area contributed by atoms with Crippen LogP contribution in [-0.4, -0.2) is 35.0 Å². The molecule has 6 N–H and O–H groups in total. The number of aliphatic hydroxyl groups is 2. The van der Waals surface area contributed by atoms with Crippen molar-refractivity contribution in [2.24, 2.45) is 11.5 Å². The van der Waals surface area contributed by atoms with E-state index in [-0.39, 0.29) is 0 Å². The third kappa shape index (κ3) is 4.82. The van der Waals surface area contributed by atoms with Crippen LogP contribution in [0.15, 0.2) is 0 Å². The van der Waals surface area contributed by atoms with E-state index in [2.05, 4.69) is 20.9 Å². The van der Waals surface area contributed by atoms with Gasteiger partial charge in [0.15, 0.2) is 0 Å². The quantitative estimate of drug-likeness (QED) is 0.388. The summed E-state index contributed by atoms with van der Waals surface area (Å²) in [4.78, 5) is 20.4. The summed E-state index contributed by atoms with van der Waals surface area (Å²) in [5.74, 6) is -2.60. The highest BCUT2D eigenvalue weighted by Gasteiger charge is 2.34. The van der Waals surface area contributed by atoms with E-state index < -0.39 is 31.2 Å². The molecule has 8 heteroatoms. The van der Waals surface area contributed by atoms with E-state index in [0.29, 0.717) is 0 Å². The van der Waals surface area contributed by atoms with Gasteiger partial charge in [-0.15, -0.1) is 0 Å². The molecule has 0 rings (SSSR count). The first kappa shape index (κ1) is 11.5. The van der Waals surface area contributed by atoms with Gasteiger partial charge in [-0.05, 0) is 0 Å². The first-order valence-electron chi connectivity index (χ1n) is 3.20. The largest absolute Gasteiger partial charge is 0.409 e. The highest BCUT2D eigenvalue weighted by molar-refractivity contribution is 5.67. The molecule has 0 unspecified atom stereocenters. The van der Waals surface area contributed by atoms with E-state index in [1.54, 1.807) is 0 Å². The molecule has 0 radical (unpaired) electrons. The predicted octanol–water partition coefficient (Wildman–Crippen LogP) is -1.79. The van der Waals surface area contributed by atoms with E-state index in [1.807, 2.05) is 0 Å². The minimum atomic E-state index is -2.60. The Bertz CT molecular complexity index is 189. The van der Waals surface area contributed by atoms with Gasteiger partial charge in [-0.3, -0.25) is 0 Å². The Morgan fingerprint density at radius 2 is 1.62 bits per heavy atom. The fourth-order valence-corrected chi connectivity index (χ4v) is 0.579. The van der Waals surface area contributed by atoms with Crippen LogP contribution in [-0.2, 0) is 9.47 Å². The summed E-state index contributed by atoms with van der Waals surface area (Å²) in [7, 11) is 0. The molecule has 0 aromatic heterocycles. The lowest BCUT2D eigenvalue weighted by molar-refractivity contribution is -0.306. The fraction of sp³-hybridized carbons (Fsp3) is 0.600. The molecule has 0 saturated heterocycles. The van der Waals surface area contributed by atoms with Crippen LogP contribution in [0.1, 0.15) is 6.42 Å². The number of primary amides is 2. The summed E-state index contributed by atoms with van der Waals surface area (Å²) in [6.45, 7) is -0.586. The third-order valence-corrected chi connectivity index (χ3v) is 0.948. The predicted molar refractivity (Wildman–Crippen MR) is 38.0 cm³/mol. The van der Waals surface area contributed by atoms with Crippen molar-refractivity contribution in [3.8, 4) is 0 Å². The Hall–Kier alpha value is -1.54. The molecule has 0 heterocycles. The maximum atomic E-state index is 10.2. The van der Waals surface area contributed by atoms with Gasteiger partial charge in [0, 0.05) is 0 Å². The number of ether oxygens (including phenoxy) is 2. The first-order chi connectivity index (χ1) is 5.89. The first-order valence-corrected chi connectivity index (χ1v) is 3.20. The minimum Gasteiger partial charge on any atom is -0.396 e. The number of aliphatic hydroxyl groups excluding tert-OH is 1. The van der Waals surface area contributed by atoms with E-state index in [9.17, 15) is 9.59 Å². The topological polar surface area (TPSA) is 145 Å². The third-order valence-electron chi connectivity index (χ3n) is 0.948. The molecule has 0 aromatic rings. The Labute approximate surface area is 73.0 Å². The summed E-state index contributed by atoms with van der Waals surface area (Å²) < 4.78 is 8.00. The zero-order valence-electron chi connectivity index (χ0n) is 6.60. The van der Waals surface area contributed by atoms with Gasteiger partial charge in [0.1, 0.15) is 0 Å².